The van der Waals surface area contributed by atoms with Crippen molar-refractivity contribution in [2.24, 2.45) is 0 Å². The second kappa shape index (κ2) is 7.34. The van der Waals surface area contributed by atoms with Crippen LogP contribution in [0, 0.1) is 0 Å². The molecular formula is C16H21N5O4S. The highest BCUT2D eigenvalue weighted by Crippen LogP contribution is 2.28. The number of aromatic nitrogens is 2. The summed E-state index contributed by atoms with van der Waals surface area (Å²) in [6.07, 6.45) is 3.54. The molecule has 3 rings (SSSR count). The maximum atomic E-state index is 12.5. The highest BCUT2D eigenvalue weighted by Gasteiger charge is 2.17. The van der Waals surface area contributed by atoms with Crippen LogP contribution in [-0.4, -0.2) is 50.3 Å². The Morgan fingerprint density at radius 1 is 1.35 bits per heavy atom. The van der Waals surface area contributed by atoms with Crippen LogP contribution in [0.3, 0.4) is 0 Å². The van der Waals surface area contributed by atoms with E-state index in [1.54, 1.807) is 18.3 Å². The summed E-state index contributed by atoms with van der Waals surface area (Å²) in [5.41, 5.74) is 1.02. The van der Waals surface area contributed by atoms with E-state index in [1.807, 2.05) is 4.57 Å². The number of hydrogen-bond donors (Lipinski definition) is 3. The van der Waals surface area contributed by atoms with Crippen LogP contribution in [0.25, 0.3) is 0 Å². The highest BCUT2D eigenvalue weighted by atomic mass is 32.2. The number of imidazole rings is 1. The highest BCUT2D eigenvalue weighted by molar-refractivity contribution is 7.92. The molecule has 3 N–H and O–H groups in total. The smallest absolute Gasteiger partial charge is 0.275 e. The first-order valence-corrected chi connectivity index (χ1v) is 9.99. The van der Waals surface area contributed by atoms with Crippen molar-refractivity contribution in [2.75, 3.05) is 36.5 Å². The standard InChI is InChI=1S/C16H21N5O4S/c1-25-14-4-3-11(9-12(14)20-26(2,23)24)18-16(22)13-10-21-8-7-17-6-5-15(21)19-13/h3-4,9-10,17,20H,5-8H2,1-2H3,(H,18,22). The Hall–Kier alpha value is -2.59. The lowest BCUT2D eigenvalue weighted by Gasteiger charge is -2.12. The molecule has 2 heterocycles. The number of nitrogens with zero attached hydrogens (tertiary/aromatic N) is 2. The lowest BCUT2D eigenvalue weighted by atomic mass is 10.2. The molecule has 1 aromatic carbocycles. The van der Waals surface area contributed by atoms with Gasteiger partial charge < -0.3 is 19.9 Å². The molecule has 10 heteroatoms. The molecule has 1 aliphatic heterocycles. The molecule has 0 spiro atoms. The van der Waals surface area contributed by atoms with Gasteiger partial charge in [-0.1, -0.05) is 0 Å². The first-order valence-electron chi connectivity index (χ1n) is 8.09. The number of amides is 1. The zero-order valence-electron chi connectivity index (χ0n) is 14.6. The summed E-state index contributed by atoms with van der Waals surface area (Å²) in [4.78, 5) is 16.9. The summed E-state index contributed by atoms with van der Waals surface area (Å²) in [6, 6.07) is 4.72. The number of fused-ring (bicyclic) bond motifs is 1. The molecule has 0 saturated carbocycles. The van der Waals surface area contributed by atoms with E-state index in [0.29, 0.717) is 17.1 Å². The van der Waals surface area contributed by atoms with E-state index in [4.69, 9.17) is 4.74 Å². The molecule has 0 saturated heterocycles. The fraction of sp³-hybridized carbons (Fsp3) is 0.375. The Morgan fingerprint density at radius 3 is 2.88 bits per heavy atom. The summed E-state index contributed by atoms with van der Waals surface area (Å²) in [7, 11) is -2.04. The molecule has 1 amide bonds. The summed E-state index contributed by atoms with van der Waals surface area (Å²) in [5, 5.41) is 6.01. The quantitative estimate of drug-likeness (QED) is 0.703. The van der Waals surface area contributed by atoms with E-state index >= 15 is 0 Å². The third-order valence-electron chi connectivity index (χ3n) is 3.90. The normalized spacial score (nSPS) is 14.2. The zero-order valence-corrected chi connectivity index (χ0v) is 15.4. The Bertz CT molecular complexity index is 899. The average molecular weight is 379 g/mol. The number of methoxy groups -OCH3 is 1. The lowest BCUT2D eigenvalue weighted by molar-refractivity contribution is 0.102. The first kappa shape index (κ1) is 18.2. The predicted octanol–water partition coefficient (Wildman–Crippen LogP) is 0.661. The van der Waals surface area contributed by atoms with Gasteiger partial charge in [-0.3, -0.25) is 9.52 Å². The number of hydrogen-bond acceptors (Lipinski definition) is 6. The van der Waals surface area contributed by atoms with Crippen molar-refractivity contribution < 1.29 is 17.9 Å². The maximum Gasteiger partial charge on any atom is 0.275 e. The van der Waals surface area contributed by atoms with Gasteiger partial charge in [0.05, 0.1) is 19.1 Å². The second-order valence-corrected chi connectivity index (χ2v) is 7.73. The van der Waals surface area contributed by atoms with Crippen LogP contribution in [0.4, 0.5) is 11.4 Å². The maximum absolute atomic E-state index is 12.5. The van der Waals surface area contributed by atoms with E-state index < -0.39 is 10.0 Å². The molecular weight excluding hydrogens is 358 g/mol. The van der Waals surface area contributed by atoms with Crippen molar-refractivity contribution in [3.05, 3.63) is 35.9 Å². The number of nitrogens with one attached hydrogen (secondary N) is 3. The monoisotopic (exact) mass is 379 g/mol. The van der Waals surface area contributed by atoms with Gasteiger partial charge in [-0.25, -0.2) is 13.4 Å². The average Bonchev–Trinajstić information content (AvgIpc) is 2.85. The molecule has 26 heavy (non-hydrogen) atoms. The number of rotatable bonds is 5. The fourth-order valence-electron chi connectivity index (χ4n) is 2.74. The third-order valence-corrected chi connectivity index (χ3v) is 4.49. The van der Waals surface area contributed by atoms with Crippen LogP contribution in [0.2, 0.25) is 0 Å². The molecule has 0 aliphatic carbocycles. The molecule has 140 valence electrons. The predicted molar refractivity (Wildman–Crippen MR) is 98.2 cm³/mol. The van der Waals surface area contributed by atoms with Crippen molar-refractivity contribution in [3.8, 4) is 5.75 Å². The molecule has 9 nitrogen and oxygen atoms in total. The van der Waals surface area contributed by atoms with Crippen molar-refractivity contribution in [2.45, 2.75) is 13.0 Å². The fourth-order valence-corrected chi connectivity index (χ4v) is 3.30. The van der Waals surface area contributed by atoms with Gasteiger partial charge in [0.1, 0.15) is 17.3 Å². The summed E-state index contributed by atoms with van der Waals surface area (Å²) in [6.45, 7) is 2.43. The van der Waals surface area contributed by atoms with Gasteiger partial charge in [-0.05, 0) is 18.2 Å². The molecule has 0 atom stereocenters. The van der Waals surface area contributed by atoms with Crippen molar-refractivity contribution in [1.29, 1.82) is 0 Å². The molecule has 0 fully saturated rings. The van der Waals surface area contributed by atoms with Crippen LogP contribution in [0.5, 0.6) is 5.75 Å². The van der Waals surface area contributed by atoms with E-state index in [1.165, 1.54) is 13.2 Å². The van der Waals surface area contributed by atoms with Crippen LogP contribution >= 0.6 is 0 Å². The van der Waals surface area contributed by atoms with E-state index in [0.717, 1.165) is 38.1 Å². The minimum atomic E-state index is -3.48. The Balaban J connectivity index is 1.80. The molecule has 0 radical (unpaired) electrons. The summed E-state index contributed by atoms with van der Waals surface area (Å²) in [5.74, 6) is 0.873. The molecule has 0 bridgehead atoms. The van der Waals surface area contributed by atoms with Crippen LogP contribution in [-0.2, 0) is 23.0 Å². The number of benzene rings is 1. The van der Waals surface area contributed by atoms with Crippen molar-refractivity contribution in [3.63, 3.8) is 0 Å². The number of sulfonamides is 1. The zero-order chi connectivity index (χ0) is 18.7. The number of ether oxygens (including phenoxy) is 1. The number of carbonyl (C=O) groups is 1. The van der Waals surface area contributed by atoms with E-state index in [2.05, 4.69) is 20.3 Å². The van der Waals surface area contributed by atoms with Crippen LogP contribution in [0.15, 0.2) is 24.4 Å². The summed E-state index contributed by atoms with van der Waals surface area (Å²) < 4.78 is 32.5. The van der Waals surface area contributed by atoms with Gasteiger partial charge in [0, 0.05) is 37.9 Å². The van der Waals surface area contributed by atoms with Gasteiger partial charge in [0.2, 0.25) is 10.0 Å². The van der Waals surface area contributed by atoms with E-state index in [9.17, 15) is 13.2 Å². The van der Waals surface area contributed by atoms with Gasteiger partial charge in [-0.2, -0.15) is 0 Å². The molecule has 2 aromatic rings. The Kier molecular flexibility index (Phi) is 5.14. The molecule has 0 unspecified atom stereocenters. The van der Waals surface area contributed by atoms with E-state index in [-0.39, 0.29) is 11.6 Å². The number of anilines is 2. The first-order chi connectivity index (χ1) is 12.4. The lowest BCUT2D eigenvalue weighted by Crippen LogP contribution is -2.18. The van der Waals surface area contributed by atoms with Gasteiger partial charge in [0.15, 0.2) is 0 Å². The number of carbonyl (C=O) groups excluding carboxylic acids is 1. The minimum absolute atomic E-state index is 0.250. The second-order valence-electron chi connectivity index (χ2n) is 5.98. The molecule has 1 aromatic heterocycles. The van der Waals surface area contributed by atoms with Crippen molar-refractivity contribution >= 4 is 27.3 Å². The SMILES string of the molecule is COc1ccc(NC(=O)c2cn3c(n2)CCNCC3)cc1NS(C)(=O)=O. The van der Waals surface area contributed by atoms with Gasteiger partial charge in [0.25, 0.3) is 5.91 Å². The van der Waals surface area contributed by atoms with Gasteiger partial charge >= 0.3 is 0 Å². The van der Waals surface area contributed by atoms with Crippen LogP contribution < -0.4 is 20.1 Å². The topological polar surface area (TPSA) is 114 Å². The Morgan fingerprint density at radius 2 is 2.15 bits per heavy atom. The largest absolute Gasteiger partial charge is 0.495 e. The third kappa shape index (κ3) is 4.33. The Labute approximate surface area is 151 Å². The van der Waals surface area contributed by atoms with Gasteiger partial charge in [-0.15, -0.1) is 0 Å². The van der Waals surface area contributed by atoms with Crippen molar-refractivity contribution in [1.82, 2.24) is 14.9 Å². The minimum Gasteiger partial charge on any atom is -0.495 e. The van der Waals surface area contributed by atoms with Crippen LogP contribution in [0.1, 0.15) is 16.3 Å². The summed E-state index contributed by atoms with van der Waals surface area (Å²) >= 11 is 0. The molecule has 1 aliphatic rings.